The molecule has 0 heterocycles. The van der Waals surface area contributed by atoms with Crippen LogP contribution in [0.3, 0.4) is 0 Å². The van der Waals surface area contributed by atoms with Crippen molar-refractivity contribution in [1.29, 1.82) is 0 Å². The fraction of sp³-hybridized carbons (Fsp3) is 0.250. The lowest BCUT2D eigenvalue weighted by Crippen LogP contribution is -1.96. The van der Waals surface area contributed by atoms with Gasteiger partial charge in [0.25, 0.3) is 0 Å². The average Bonchev–Trinajstić information content (AvgIpc) is 2.35. The number of alkyl halides is 1. The van der Waals surface area contributed by atoms with Crippen LogP contribution in [0, 0.1) is 13.8 Å². The largest absolute Gasteiger partial charge is 0.117 e. The topological polar surface area (TPSA) is 0 Å². The van der Waals surface area contributed by atoms with E-state index in [9.17, 15) is 0 Å². The summed E-state index contributed by atoms with van der Waals surface area (Å²) < 4.78 is 0. The van der Waals surface area contributed by atoms with Crippen molar-refractivity contribution in [2.24, 2.45) is 0 Å². The Morgan fingerprint density at radius 2 is 1.67 bits per heavy atom. The second-order valence-corrected chi connectivity index (χ2v) is 5.60. The lowest BCUT2D eigenvalue weighted by Gasteiger charge is -2.11. The predicted molar refractivity (Wildman–Crippen MR) is 79.7 cm³/mol. The van der Waals surface area contributed by atoms with E-state index in [1.165, 1.54) is 11.1 Å². The highest BCUT2D eigenvalue weighted by molar-refractivity contribution is 6.31. The van der Waals surface area contributed by atoms with Crippen molar-refractivity contribution >= 4 is 23.2 Å². The molecule has 2 aromatic rings. The van der Waals surface area contributed by atoms with Crippen molar-refractivity contribution in [3.63, 3.8) is 0 Å². The first-order chi connectivity index (χ1) is 8.56. The van der Waals surface area contributed by atoms with Gasteiger partial charge in [-0.05, 0) is 43.0 Å². The second kappa shape index (κ2) is 5.77. The smallest absolute Gasteiger partial charge is 0.0626 e. The van der Waals surface area contributed by atoms with Gasteiger partial charge in [0, 0.05) is 5.02 Å². The highest BCUT2D eigenvalue weighted by Crippen LogP contribution is 2.28. The molecule has 0 amide bonds. The Balaban J connectivity index is 2.13. The van der Waals surface area contributed by atoms with Gasteiger partial charge >= 0.3 is 0 Å². The molecule has 0 N–H and O–H groups in total. The van der Waals surface area contributed by atoms with Crippen molar-refractivity contribution < 1.29 is 0 Å². The Morgan fingerprint density at radius 1 is 1.00 bits per heavy atom. The number of hydrogen-bond donors (Lipinski definition) is 0. The molecule has 1 unspecified atom stereocenters. The van der Waals surface area contributed by atoms with Gasteiger partial charge in [0.05, 0.1) is 5.38 Å². The van der Waals surface area contributed by atoms with Crippen LogP contribution < -0.4 is 0 Å². The van der Waals surface area contributed by atoms with Crippen LogP contribution in [0.1, 0.15) is 27.6 Å². The van der Waals surface area contributed by atoms with Gasteiger partial charge in [0.2, 0.25) is 0 Å². The van der Waals surface area contributed by atoms with Crippen molar-refractivity contribution in [3.8, 4) is 0 Å². The minimum Gasteiger partial charge on any atom is -0.117 e. The molecule has 0 aliphatic carbocycles. The monoisotopic (exact) mass is 278 g/mol. The lowest BCUT2D eigenvalue weighted by atomic mass is 10.0. The normalized spacial score (nSPS) is 12.4. The molecule has 0 radical (unpaired) electrons. The third kappa shape index (κ3) is 3.28. The zero-order valence-electron chi connectivity index (χ0n) is 10.6. The van der Waals surface area contributed by atoms with Gasteiger partial charge in [0.15, 0.2) is 0 Å². The van der Waals surface area contributed by atoms with E-state index in [0.29, 0.717) is 0 Å². The minimum atomic E-state index is -0.0363. The molecule has 0 nitrogen and oxygen atoms in total. The van der Waals surface area contributed by atoms with Gasteiger partial charge in [-0.25, -0.2) is 0 Å². The van der Waals surface area contributed by atoms with E-state index in [1.54, 1.807) is 0 Å². The number of aryl methyl sites for hydroxylation is 2. The number of hydrogen-bond acceptors (Lipinski definition) is 0. The van der Waals surface area contributed by atoms with E-state index in [-0.39, 0.29) is 5.38 Å². The average molecular weight is 279 g/mol. The van der Waals surface area contributed by atoms with E-state index in [1.807, 2.05) is 25.1 Å². The van der Waals surface area contributed by atoms with Gasteiger partial charge in [-0.2, -0.15) is 0 Å². The Kier molecular flexibility index (Phi) is 4.31. The molecule has 1 atom stereocenters. The molecule has 0 aromatic heterocycles. The molecule has 0 aliphatic heterocycles. The standard InChI is InChI=1S/C16H16Cl2/c1-11-3-6-13(7-4-11)9-16(18)14-8-5-12(2)15(17)10-14/h3-8,10,16H,9H2,1-2H3. The van der Waals surface area contributed by atoms with E-state index >= 15 is 0 Å². The number of rotatable bonds is 3. The Bertz CT molecular complexity index is 529. The van der Waals surface area contributed by atoms with Crippen LogP contribution in [0.2, 0.25) is 5.02 Å². The van der Waals surface area contributed by atoms with E-state index in [0.717, 1.165) is 22.6 Å². The quantitative estimate of drug-likeness (QED) is 0.653. The van der Waals surface area contributed by atoms with Crippen LogP contribution in [0.5, 0.6) is 0 Å². The van der Waals surface area contributed by atoms with Gasteiger partial charge in [-0.1, -0.05) is 53.6 Å². The summed E-state index contributed by atoms with van der Waals surface area (Å²) in [5, 5.41) is 0.743. The Hall–Kier alpha value is -0.980. The first-order valence-electron chi connectivity index (χ1n) is 6.02. The molecule has 0 saturated heterocycles. The van der Waals surface area contributed by atoms with Crippen LogP contribution in [-0.4, -0.2) is 0 Å². The number of benzene rings is 2. The van der Waals surface area contributed by atoms with Crippen LogP contribution >= 0.6 is 23.2 Å². The molecule has 2 aromatic carbocycles. The summed E-state index contributed by atoms with van der Waals surface area (Å²) in [6.45, 7) is 4.08. The van der Waals surface area contributed by atoms with Gasteiger partial charge < -0.3 is 0 Å². The van der Waals surface area contributed by atoms with Crippen molar-refractivity contribution in [2.45, 2.75) is 25.6 Å². The third-order valence-corrected chi connectivity index (χ3v) is 3.91. The highest BCUT2D eigenvalue weighted by atomic mass is 35.5. The maximum Gasteiger partial charge on any atom is 0.0626 e. The predicted octanol–water partition coefficient (Wildman–Crippen LogP) is 5.48. The fourth-order valence-corrected chi connectivity index (χ4v) is 2.36. The summed E-state index contributed by atoms with van der Waals surface area (Å²) in [4.78, 5) is 0. The van der Waals surface area contributed by atoms with Crippen LogP contribution in [-0.2, 0) is 6.42 Å². The minimum absolute atomic E-state index is 0.0363. The van der Waals surface area contributed by atoms with Gasteiger partial charge in [0.1, 0.15) is 0 Å². The lowest BCUT2D eigenvalue weighted by molar-refractivity contribution is 0.918. The van der Waals surface area contributed by atoms with Crippen LogP contribution in [0.25, 0.3) is 0 Å². The summed E-state index contributed by atoms with van der Waals surface area (Å²) >= 11 is 12.6. The maximum atomic E-state index is 6.45. The van der Waals surface area contributed by atoms with Crippen molar-refractivity contribution in [1.82, 2.24) is 0 Å². The number of halogens is 2. The van der Waals surface area contributed by atoms with Gasteiger partial charge in [-0.15, -0.1) is 11.6 Å². The van der Waals surface area contributed by atoms with Crippen LogP contribution in [0.4, 0.5) is 0 Å². The molecule has 0 bridgehead atoms. The van der Waals surface area contributed by atoms with Crippen molar-refractivity contribution in [3.05, 3.63) is 69.7 Å². The van der Waals surface area contributed by atoms with E-state index in [4.69, 9.17) is 23.2 Å². The third-order valence-electron chi connectivity index (χ3n) is 3.09. The first-order valence-corrected chi connectivity index (χ1v) is 6.83. The van der Waals surface area contributed by atoms with E-state index in [2.05, 4.69) is 31.2 Å². The molecule has 2 heteroatoms. The molecular formula is C16H16Cl2. The fourth-order valence-electron chi connectivity index (χ4n) is 1.85. The van der Waals surface area contributed by atoms with Gasteiger partial charge in [-0.3, -0.25) is 0 Å². The molecule has 0 fully saturated rings. The molecule has 0 saturated carbocycles. The summed E-state index contributed by atoms with van der Waals surface area (Å²) in [6, 6.07) is 14.5. The maximum absolute atomic E-state index is 6.45. The summed E-state index contributed by atoms with van der Waals surface area (Å²) in [5.74, 6) is 0. The highest BCUT2D eigenvalue weighted by Gasteiger charge is 2.10. The summed E-state index contributed by atoms with van der Waals surface area (Å²) in [7, 11) is 0. The molecular weight excluding hydrogens is 263 g/mol. The molecule has 0 aliphatic rings. The zero-order valence-corrected chi connectivity index (χ0v) is 12.1. The summed E-state index contributed by atoms with van der Waals surface area (Å²) in [6.07, 6.45) is 0.821. The first kappa shape index (κ1) is 13.5. The SMILES string of the molecule is Cc1ccc(CC(Cl)c2ccc(C)c(Cl)c2)cc1. The Morgan fingerprint density at radius 3 is 2.28 bits per heavy atom. The van der Waals surface area contributed by atoms with Crippen molar-refractivity contribution in [2.75, 3.05) is 0 Å². The molecule has 18 heavy (non-hydrogen) atoms. The molecule has 94 valence electrons. The second-order valence-electron chi connectivity index (χ2n) is 4.67. The zero-order chi connectivity index (χ0) is 13.1. The summed E-state index contributed by atoms with van der Waals surface area (Å²) in [5.41, 5.74) is 4.67. The van der Waals surface area contributed by atoms with E-state index < -0.39 is 0 Å². The Labute approximate surface area is 119 Å². The molecule has 0 spiro atoms. The molecule has 2 rings (SSSR count). The van der Waals surface area contributed by atoms with Crippen LogP contribution in [0.15, 0.2) is 42.5 Å².